The molecule has 0 fully saturated rings. The van der Waals surface area contributed by atoms with Crippen molar-refractivity contribution in [3.05, 3.63) is 62.4 Å². The van der Waals surface area contributed by atoms with E-state index in [0.29, 0.717) is 12.3 Å². The monoisotopic (exact) mass is 393 g/mol. The maximum Gasteiger partial charge on any atom is 0.355 e. The molecule has 0 unspecified atom stereocenters. The summed E-state index contributed by atoms with van der Waals surface area (Å²) in [5, 5.41) is 0. The van der Waals surface area contributed by atoms with Crippen molar-refractivity contribution >= 4 is 17.8 Å². The molecule has 0 radical (unpaired) electrons. The zero-order chi connectivity index (χ0) is 21.3. The molecule has 3 heterocycles. The van der Waals surface area contributed by atoms with E-state index in [4.69, 9.17) is 9.73 Å². The number of aliphatic imine (C=N–C) groups is 1. The van der Waals surface area contributed by atoms with Gasteiger partial charge in [-0.2, -0.15) is 0 Å². The highest BCUT2D eigenvalue weighted by atomic mass is 16.5. The smallest absolute Gasteiger partial charge is 0.355 e. The van der Waals surface area contributed by atoms with E-state index in [-0.39, 0.29) is 5.97 Å². The molecule has 0 spiro atoms. The molecule has 0 aromatic carbocycles. The zero-order valence-corrected chi connectivity index (χ0v) is 18.5. The quantitative estimate of drug-likeness (QED) is 0.629. The summed E-state index contributed by atoms with van der Waals surface area (Å²) in [6, 6.07) is 2.14. The number of nitrogens with zero attached hydrogens (tertiary/aromatic N) is 1. The third kappa shape index (κ3) is 3.74. The summed E-state index contributed by atoms with van der Waals surface area (Å²) in [6.07, 6.45) is 3.79. The maximum absolute atomic E-state index is 12.4. The summed E-state index contributed by atoms with van der Waals surface area (Å²) in [5.74, 6) is -0.303. The van der Waals surface area contributed by atoms with Crippen LogP contribution >= 0.6 is 0 Å². The molecule has 0 aliphatic carbocycles. The Balaban J connectivity index is 2.12. The number of ether oxygens (including phenoxy) is 1. The molecule has 1 aliphatic heterocycles. The highest BCUT2D eigenvalue weighted by Crippen LogP contribution is 2.34. The first kappa shape index (κ1) is 20.9. The summed E-state index contributed by atoms with van der Waals surface area (Å²) in [7, 11) is 0. The first-order valence-electron chi connectivity index (χ1n) is 10.4. The molecule has 0 atom stereocenters. The van der Waals surface area contributed by atoms with Gasteiger partial charge in [-0.15, -0.1) is 0 Å². The van der Waals surface area contributed by atoms with Gasteiger partial charge in [-0.1, -0.05) is 13.8 Å². The minimum atomic E-state index is -0.303. The van der Waals surface area contributed by atoms with Gasteiger partial charge in [-0.25, -0.2) is 9.79 Å². The van der Waals surface area contributed by atoms with E-state index in [9.17, 15) is 4.79 Å². The Bertz CT molecular complexity index is 1040. The van der Waals surface area contributed by atoms with E-state index in [2.05, 4.69) is 63.7 Å². The van der Waals surface area contributed by atoms with Crippen LogP contribution < -0.4 is 0 Å². The van der Waals surface area contributed by atoms with E-state index in [1.807, 2.05) is 6.92 Å². The molecule has 0 amide bonds. The molecule has 1 aliphatic rings. The number of rotatable bonds is 6. The van der Waals surface area contributed by atoms with Crippen LogP contribution in [0.15, 0.2) is 27.9 Å². The van der Waals surface area contributed by atoms with Crippen LogP contribution in [0.4, 0.5) is 0 Å². The Morgan fingerprint density at radius 3 is 2.38 bits per heavy atom. The number of esters is 1. The number of nitrogens with one attached hydrogen (secondary N) is 2. The van der Waals surface area contributed by atoms with E-state index in [1.54, 1.807) is 0 Å². The first-order valence-corrected chi connectivity index (χ1v) is 10.4. The summed E-state index contributed by atoms with van der Waals surface area (Å²) >= 11 is 0. The average Bonchev–Trinajstić information content (AvgIpc) is 3.28. The predicted molar refractivity (Wildman–Crippen MR) is 119 cm³/mol. The fraction of sp³-hybridized carbons (Fsp3) is 0.417. The Morgan fingerprint density at radius 2 is 1.83 bits per heavy atom. The normalized spacial score (nSPS) is 15.4. The van der Waals surface area contributed by atoms with Crippen LogP contribution in [0.3, 0.4) is 0 Å². The molecule has 29 heavy (non-hydrogen) atoms. The Labute approximate surface area is 173 Å². The lowest BCUT2D eigenvalue weighted by Gasteiger charge is -2.03. The van der Waals surface area contributed by atoms with Crippen LogP contribution in [0.25, 0.3) is 6.08 Å². The Morgan fingerprint density at radius 1 is 1.10 bits per heavy atom. The van der Waals surface area contributed by atoms with Crippen molar-refractivity contribution in [2.24, 2.45) is 4.99 Å². The predicted octanol–water partition coefficient (Wildman–Crippen LogP) is 5.58. The maximum atomic E-state index is 12.4. The van der Waals surface area contributed by atoms with Crippen molar-refractivity contribution in [2.45, 2.75) is 61.3 Å². The largest absolute Gasteiger partial charge is 0.461 e. The number of aromatic amines is 2. The molecule has 3 rings (SSSR count). The molecule has 2 aromatic heterocycles. The van der Waals surface area contributed by atoms with Crippen molar-refractivity contribution in [1.82, 2.24) is 9.97 Å². The highest BCUT2D eigenvalue weighted by Gasteiger charge is 2.27. The lowest BCUT2D eigenvalue weighted by atomic mass is 9.99. The number of aryl methyl sites for hydroxylation is 2. The minimum absolute atomic E-state index is 0.303. The SMILES string of the molecule is CCOC(=O)c1[nH]c(C2=N/C(=C\c3[nH]c(C)cc3C)C(CC)=C2C)c(C)c1CC. The van der Waals surface area contributed by atoms with Crippen LogP contribution in [0.1, 0.15) is 78.4 Å². The third-order valence-corrected chi connectivity index (χ3v) is 5.62. The van der Waals surface area contributed by atoms with Gasteiger partial charge in [0.2, 0.25) is 0 Å². The number of allylic oxidation sites excluding steroid dienone is 2. The van der Waals surface area contributed by atoms with Crippen molar-refractivity contribution in [2.75, 3.05) is 6.61 Å². The first-order chi connectivity index (χ1) is 13.8. The second kappa shape index (κ2) is 8.27. The standard InChI is InChI=1S/C24H31N3O2/c1-8-17-15(6)21(26-20(17)12-19-13(4)11-14(5)25-19)22-16(7)18(9-2)23(27-22)24(28)29-10-3/h11-12,25,27H,8-10H2,1-7H3/b20-12-. The second-order valence-corrected chi connectivity index (χ2v) is 7.55. The van der Waals surface area contributed by atoms with Gasteiger partial charge in [0.05, 0.1) is 23.7 Å². The van der Waals surface area contributed by atoms with E-state index in [1.165, 1.54) is 11.1 Å². The van der Waals surface area contributed by atoms with Crippen molar-refractivity contribution < 1.29 is 9.53 Å². The van der Waals surface area contributed by atoms with E-state index >= 15 is 0 Å². The van der Waals surface area contributed by atoms with Gasteiger partial charge in [0.1, 0.15) is 5.69 Å². The number of H-pyrrole nitrogens is 2. The molecule has 0 saturated heterocycles. The van der Waals surface area contributed by atoms with Gasteiger partial charge in [-0.05, 0) is 87.4 Å². The fourth-order valence-electron chi connectivity index (χ4n) is 4.14. The van der Waals surface area contributed by atoms with Gasteiger partial charge in [0.15, 0.2) is 0 Å². The van der Waals surface area contributed by atoms with Crippen LogP contribution in [-0.2, 0) is 11.2 Å². The highest BCUT2D eigenvalue weighted by molar-refractivity contribution is 6.16. The number of carbonyl (C=O) groups is 1. The molecular formula is C24H31N3O2. The fourth-order valence-corrected chi connectivity index (χ4v) is 4.14. The van der Waals surface area contributed by atoms with Crippen LogP contribution in [0, 0.1) is 20.8 Å². The third-order valence-electron chi connectivity index (χ3n) is 5.62. The molecule has 2 aromatic rings. The Hall–Kier alpha value is -2.82. The van der Waals surface area contributed by atoms with Crippen LogP contribution in [0.5, 0.6) is 0 Å². The molecule has 5 heteroatoms. The second-order valence-electron chi connectivity index (χ2n) is 7.55. The number of hydrogen-bond acceptors (Lipinski definition) is 3. The Kier molecular flexibility index (Phi) is 5.96. The summed E-state index contributed by atoms with van der Waals surface area (Å²) < 4.78 is 5.25. The number of hydrogen-bond donors (Lipinski definition) is 2. The van der Waals surface area contributed by atoms with Crippen LogP contribution in [0.2, 0.25) is 0 Å². The average molecular weight is 394 g/mol. The number of carbonyl (C=O) groups excluding carboxylic acids is 1. The van der Waals surface area contributed by atoms with Gasteiger partial charge in [-0.3, -0.25) is 0 Å². The lowest BCUT2D eigenvalue weighted by Crippen LogP contribution is -2.08. The summed E-state index contributed by atoms with van der Waals surface area (Å²) in [6.45, 7) is 14.7. The zero-order valence-electron chi connectivity index (χ0n) is 18.5. The van der Waals surface area contributed by atoms with E-state index in [0.717, 1.165) is 58.0 Å². The summed E-state index contributed by atoms with van der Waals surface area (Å²) in [4.78, 5) is 24.2. The van der Waals surface area contributed by atoms with Gasteiger partial charge in [0.25, 0.3) is 0 Å². The van der Waals surface area contributed by atoms with Crippen molar-refractivity contribution in [3.8, 4) is 0 Å². The minimum Gasteiger partial charge on any atom is -0.461 e. The van der Waals surface area contributed by atoms with Crippen LogP contribution in [-0.4, -0.2) is 28.3 Å². The molecule has 2 N–H and O–H groups in total. The van der Waals surface area contributed by atoms with Gasteiger partial charge >= 0.3 is 5.97 Å². The molecular weight excluding hydrogens is 362 g/mol. The molecule has 5 nitrogen and oxygen atoms in total. The van der Waals surface area contributed by atoms with Gasteiger partial charge < -0.3 is 14.7 Å². The van der Waals surface area contributed by atoms with E-state index < -0.39 is 0 Å². The summed E-state index contributed by atoms with van der Waals surface area (Å²) in [5.41, 5.74) is 11.2. The molecule has 0 saturated carbocycles. The molecule has 154 valence electrons. The van der Waals surface area contributed by atoms with Crippen molar-refractivity contribution in [1.29, 1.82) is 0 Å². The molecule has 0 bridgehead atoms. The number of aromatic nitrogens is 2. The van der Waals surface area contributed by atoms with Crippen molar-refractivity contribution in [3.63, 3.8) is 0 Å². The van der Waals surface area contributed by atoms with Gasteiger partial charge in [0, 0.05) is 11.4 Å². The topological polar surface area (TPSA) is 70.2 Å². The lowest BCUT2D eigenvalue weighted by molar-refractivity contribution is 0.0519.